The average molecular weight is 294 g/mol. The number of imidazole rings is 2. The van der Waals surface area contributed by atoms with Crippen molar-refractivity contribution in [1.82, 2.24) is 24.1 Å². The van der Waals surface area contributed by atoms with Crippen molar-refractivity contribution in [2.75, 3.05) is 0 Å². The molecule has 98 valence electrons. The maximum atomic E-state index is 5.92. The Balaban J connectivity index is 1.80. The van der Waals surface area contributed by atoms with Crippen molar-refractivity contribution < 1.29 is 0 Å². The van der Waals surface area contributed by atoms with Crippen molar-refractivity contribution in [2.45, 2.75) is 19.5 Å². The molecule has 0 spiro atoms. The Kier molecular flexibility index (Phi) is 3.35. The number of aromatic nitrogens is 5. The topological polar surface area (TPSA) is 51.4 Å². The summed E-state index contributed by atoms with van der Waals surface area (Å²) in [4.78, 5) is 11.5. The van der Waals surface area contributed by atoms with E-state index in [4.69, 9.17) is 23.8 Å². The second kappa shape index (κ2) is 5.14. The molecule has 0 radical (unpaired) electrons. The van der Waals surface area contributed by atoms with Gasteiger partial charge in [-0.25, -0.2) is 9.97 Å². The number of aromatic amines is 1. The molecule has 0 bridgehead atoms. The molecule has 0 aliphatic heterocycles. The fraction of sp³-hybridized carbons (Fsp3) is 0.250. The molecule has 7 heteroatoms. The zero-order valence-electron chi connectivity index (χ0n) is 10.1. The van der Waals surface area contributed by atoms with Gasteiger partial charge < -0.3 is 14.1 Å². The van der Waals surface area contributed by atoms with E-state index in [0.29, 0.717) is 9.79 Å². The summed E-state index contributed by atoms with van der Waals surface area (Å²) in [6.45, 7) is 1.72. The van der Waals surface area contributed by atoms with Gasteiger partial charge in [-0.1, -0.05) is 11.6 Å². The summed E-state index contributed by atoms with van der Waals surface area (Å²) in [6.07, 6.45) is 8.14. The number of hydrogen-bond acceptors (Lipinski definition) is 3. The Bertz CT molecular complexity index is 743. The van der Waals surface area contributed by atoms with Crippen LogP contribution in [-0.2, 0) is 13.1 Å². The van der Waals surface area contributed by atoms with Crippen molar-refractivity contribution in [3.8, 4) is 0 Å². The van der Waals surface area contributed by atoms with E-state index in [1.165, 1.54) is 0 Å². The fourth-order valence-electron chi connectivity index (χ4n) is 2.06. The Morgan fingerprint density at radius 2 is 2.26 bits per heavy atom. The molecule has 0 amide bonds. The van der Waals surface area contributed by atoms with E-state index in [9.17, 15) is 0 Å². The lowest BCUT2D eigenvalue weighted by Gasteiger charge is -2.04. The van der Waals surface area contributed by atoms with Crippen LogP contribution in [0.5, 0.6) is 0 Å². The van der Waals surface area contributed by atoms with E-state index >= 15 is 0 Å². The highest BCUT2D eigenvalue weighted by Crippen LogP contribution is 2.16. The van der Waals surface area contributed by atoms with Crippen LogP contribution in [0.2, 0.25) is 5.02 Å². The Labute approximate surface area is 119 Å². The first-order valence-corrected chi connectivity index (χ1v) is 6.72. The summed E-state index contributed by atoms with van der Waals surface area (Å²) in [5.41, 5.74) is 1.72. The zero-order valence-corrected chi connectivity index (χ0v) is 11.7. The molecule has 5 nitrogen and oxygen atoms in total. The predicted octanol–water partition coefficient (Wildman–Crippen LogP) is 3.03. The van der Waals surface area contributed by atoms with Gasteiger partial charge >= 0.3 is 0 Å². The number of nitrogens with one attached hydrogen (secondary N) is 1. The molecule has 3 heterocycles. The fourth-order valence-corrected chi connectivity index (χ4v) is 2.50. The lowest BCUT2D eigenvalue weighted by atomic mass is 10.4. The first kappa shape index (κ1) is 12.4. The maximum Gasteiger partial charge on any atom is 0.179 e. The highest BCUT2D eigenvalue weighted by Gasteiger charge is 2.06. The highest BCUT2D eigenvalue weighted by atomic mass is 35.5. The lowest BCUT2D eigenvalue weighted by Crippen LogP contribution is -2.03. The molecule has 1 N–H and O–H groups in total. The van der Waals surface area contributed by atoms with Gasteiger partial charge in [0.05, 0.1) is 16.9 Å². The minimum absolute atomic E-state index is 0.606. The Hall–Kier alpha value is -1.66. The number of nitrogens with zero attached hydrogens (tertiary/aromatic N) is 4. The van der Waals surface area contributed by atoms with Crippen LogP contribution in [0.25, 0.3) is 11.2 Å². The summed E-state index contributed by atoms with van der Waals surface area (Å²) >= 11 is 11.2. The highest BCUT2D eigenvalue weighted by molar-refractivity contribution is 7.71. The molecule has 0 saturated carbocycles. The molecule has 3 aromatic rings. The van der Waals surface area contributed by atoms with E-state index in [1.807, 2.05) is 27.7 Å². The van der Waals surface area contributed by atoms with E-state index in [1.54, 1.807) is 12.4 Å². The van der Waals surface area contributed by atoms with Crippen LogP contribution in [0.3, 0.4) is 0 Å². The third-order valence-electron chi connectivity index (χ3n) is 2.93. The molecular weight excluding hydrogens is 282 g/mol. The van der Waals surface area contributed by atoms with Crippen LogP contribution in [0.1, 0.15) is 6.42 Å². The summed E-state index contributed by atoms with van der Waals surface area (Å²) in [5, 5.41) is 0.606. The molecule has 0 atom stereocenters. The van der Waals surface area contributed by atoms with Crippen molar-refractivity contribution in [3.63, 3.8) is 0 Å². The summed E-state index contributed by atoms with van der Waals surface area (Å²) < 4.78 is 4.72. The number of halogens is 1. The second-order valence-corrected chi connectivity index (χ2v) is 5.08. The smallest absolute Gasteiger partial charge is 0.179 e. The average Bonchev–Trinajstić information content (AvgIpc) is 2.98. The number of fused-ring (bicyclic) bond motifs is 1. The van der Waals surface area contributed by atoms with Crippen LogP contribution < -0.4 is 0 Å². The number of hydrogen-bond donors (Lipinski definition) is 1. The van der Waals surface area contributed by atoms with Crippen molar-refractivity contribution >= 4 is 35.0 Å². The van der Waals surface area contributed by atoms with Crippen LogP contribution in [0.4, 0.5) is 0 Å². The van der Waals surface area contributed by atoms with Gasteiger partial charge in [-0.15, -0.1) is 0 Å². The van der Waals surface area contributed by atoms with E-state index in [0.717, 1.165) is 30.7 Å². The Morgan fingerprint density at radius 1 is 1.37 bits per heavy atom. The molecule has 3 aromatic heterocycles. The van der Waals surface area contributed by atoms with Gasteiger partial charge in [0.2, 0.25) is 0 Å². The standard InChI is InChI=1S/C12H12ClN5S/c13-9-6-10-11(15-7-9)18(12(19)16-10)4-1-3-17-5-2-14-8-17/h2,5-8H,1,3-4H2,(H,16,19). The van der Waals surface area contributed by atoms with Crippen molar-refractivity contribution in [2.24, 2.45) is 0 Å². The van der Waals surface area contributed by atoms with E-state index in [-0.39, 0.29) is 0 Å². The number of H-pyrrole nitrogens is 1. The Morgan fingerprint density at radius 3 is 3.05 bits per heavy atom. The monoisotopic (exact) mass is 293 g/mol. The zero-order chi connectivity index (χ0) is 13.2. The summed E-state index contributed by atoms with van der Waals surface area (Å²) in [6, 6.07) is 1.84. The molecule has 0 aromatic carbocycles. The van der Waals surface area contributed by atoms with Crippen molar-refractivity contribution in [3.05, 3.63) is 40.8 Å². The van der Waals surface area contributed by atoms with E-state index < -0.39 is 0 Å². The van der Waals surface area contributed by atoms with Gasteiger partial charge in [0.25, 0.3) is 0 Å². The number of aryl methyl sites for hydroxylation is 2. The summed E-state index contributed by atoms with van der Waals surface area (Å²) in [7, 11) is 0. The SMILES string of the molecule is S=c1[nH]c2cc(Cl)cnc2n1CCCn1ccnc1. The lowest BCUT2D eigenvalue weighted by molar-refractivity contribution is 0.566. The third-order valence-corrected chi connectivity index (χ3v) is 3.46. The first-order chi connectivity index (χ1) is 9.24. The van der Waals surface area contributed by atoms with Crippen LogP contribution in [-0.4, -0.2) is 24.1 Å². The van der Waals surface area contributed by atoms with E-state index in [2.05, 4.69) is 15.0 Å². The van der Waals surface area contributed by atoms with Gasteiger partial charge in [-0.3, -0.25) is 0 Å². The molecule has 0 unspecified atom stereocenters. The molecule has 19 heavy (non-hydrogen) atoms. The van der Waals surface area contributed by atoms with Crippen LogP contribution in [0, 0.1) is 4.77 Å². The predicted molar refractivity (Wildman–Crippen MR) is 76.8 cm³/mol. The van der Waals surface area contributed by atoms with Crippen LogP contribution in [0.15, 0.2) is 31.0 Å². The second-order valence-electron chi connectivity index (χ2n) is 4.26. The number of pyridine rings is 1. The maximum absolute atomic E-state index is 5.92. The number of rotatable bonds is 4. The third kappa shape index (κ3) is 2.54. The van der Waals surface area contributed by atoms with Gasteiger partial charge in [0.1, 0.15) is 0 Å². The van der Waals surface area contributed by atoms with Gasteiger partial charge in [0.15, 0.2) is 10.4 Å². The normalized spacial score (nSPS) is 11.2. The van der Waals surface area contributed by atoms with Crippen molar-refractivity contribution in [1.29, 1.82) is 0 Å². The minimum Gasteiger partial charge on any atom is -0.337 e. The molecule has 0 aliphatic carbocycles. The molecule has 0 saturated heterocycles. The molecule has 3 rings (SSSR count). The van der Waals surface area contributed by atoms with Crippen LogP contribution >= 0.6 is 23.8 Å². The first-order valence-electron chi connectivity index (χ1n) is 5.94. The largest absolute Gasteiger partial charge is 0.337 e. The molecular formula is C12H12ClN5S. The molecule has 0 fully saturated rings. The van der Waals surface area contributed by atoms with Gasteiger partial charge in [-0.2, -0.15) is 0 Å². The summed E-state index contributed by atoms with van der Waals surface area (Å²) in [5.74, 6) is 0. The molecule has 0 aliphatic rings. The minimum atomic E-state index is 0.606. The van der Waals surface area contributed by atoms with Gasteiger partial charge in [-0.05, 0) is 24.7 Å². The quantitative estimate of drug-likeness (QED) is 0.752. The van der Waals surface area contributed by atoms with Gasteiger partial charge in [0, 0.05) is 31.7 Å².